The quantitative estimate of drug-likeness (QED) is 0.309. The third-order valence-electron chi connectivity index (χ3n) is 7.28. The Labute approximate surface area is 213 Å². The Morgan fingerprint density at radius 2 is 1.84 bits per heavy atom. The third-order valence-corrected chi connectivity index (χ3v) is 7.28. The van der Waals surface area contributed by atoms with E-state index in [4.69, 9.17) is 20.4 Å². The molecule has 1 aliphatic rings. The van der Waals surface area contributed by atoms with Crippen molar-refractivity contribution in [3.05, 3.63) is 78.4 Å². The Kier molecular flexibility index (Phi) is 5.71. The van der Waals surface area contributed by atoms with Crippen molar-refractivity contribution < 1.29 is 14.6 Å². The van der Waals surface area contributed by atoms with Crippen LogP contribution in [0, 0.1) is 12.8 Å². The minimum atomic E-state index is -0.713. The molecule has 3 heterocycles. The molecule has 1 aliphatic carbocycles. The average Bonchev–Trinajstić information content (AvgIpc) is 3.30. The number of hydrogen-bond donors (Lipinski definition) is 2. The Balaban J connectivity index is 1.42. The number of nitrogens with two attached hydrogens (primary N) is 1. The van der Waals surface area contributed by atoms with E-state index in [0.717, 1.165) is 57.7 Å². The van der Waals surface area contributed by atoms with Crippen LogP contribution in [0.2, 0.25) is 0 Å². The lowest BCUT2D eigenvalue weighted by Gasteiger charge is -2.25. The maximum atomic E-state index is 11.4. The minimum Gasteiger partial charge on any atom is -0.481 e. The van der Waals surface area contributed by atoms with Crippen LogP contribution in [0.3, 0.4) is 0 Å². The first-order valence-electron chi connectivity index (χ1n) is 12.5. The lowest BCUT2D eigenvalue weighted by atomic mass is 9.81. The lowest BCUT2D eigenvalue weighted by molar-refractivity contribution is -0.142. The molecule has 1 fully saturated rings. The number of aryl methyl sites for hydroxylation is 1. The molecule has 1 saturated carbocycles. The van der Waals surface area contributed by atoms with Crippen LogP contribution in [0.1, 0.15) is 43.0 Å². The number of para-hydroxylation sites is 1. The van der Waals surface area contributed by atoms with Gasteiger partial charge in [0.2, 0.25) is 5.88 Å². The van der Waals surface area contributed by atoms with Gasteiger partial charge < -0.3 is 15.6 Å². The monoisotopic (exact) mass is 493 g/mol. The Morgan fingerprint density at radius 3 is 2.59 bits per heavy atom. The molecule has 0 radical (unpaired) electrons. The molecule has 186 valence electrons. The number of fused-ring (bicyclic) bond motifs is 2. The van der Waals surface area contributed by atoms with E-state index in [1.807, 2.05) is 66.1 Å². The van der Waals surface area contributed by atoms with Crippen LogP contribution in [-0.2, 0) is 4.79 Å². The molecular weight excluding hydrogens is 466 g/mol. The van der Waals surface area contributed by atoms with Crippen LogP contribution in [0.5, 0.6) is 11.6 Å². The summed E-state index contributed by atoms with van der Waals surface area (Å²) < 4.78 is 8.02. The fourth-order valence-electron chi connectivity index (χ4n) is 5.36. The Hall–Kier alpha value is -4.46. The topological polar surface area (TPSA) is 116 Å². The molecule has 0 bridgehead atoms. The Morgan fingerprint density at radius 1 is 1.05 bits per heavy atom. The van der Waals surface area contributed by atoms with E-state index < -0.39 is 5.97 Å². The van der Waals surface area contributed by atoms with Crippen LogP contribution < -0.4 is 10.5 Å². The van der Waals surface area contributed by atoms with E-state index in [2.05, 4.69) is 11.1 Å². The van der Waals surface area contributed by atoms with Crippen molar-refractivity contribution in [2.45, 2.75) is 38.5 Å². The number of imidazole rings is 1. The summed E-state index contributed by atoms with van der Waals surface area (Å²) in [5.74, 6) is 1.72. The van der Waals surface area contributed by atoms with Crippen molar-refractivity contribution >= 4 is 28.2 Å². The number of carboxylic acid groups (broad SMARTS) is 1. The summed E-state index contributed by atoms with van der Waals surface area (Å²) in [4.78, 5) is 25.6. The molecule has 0 spiro atoms. The van der Waals surface area contributed by atoms with Gasteiger partial charge in [-0.25, -0.2) is 15.0 Å². The molecular formula is C29H27N5O3. The number of rotatable bonds is 5. The van der Waals surface area contributed by atoms with Gasteiger partial charge in [0.05, 0.1) is 11.4 Å². The normalized spacial score (nSPS) is 17.8. The molecule has 0 saturated heterocycles. The molecule has 0 atom stereocenters. The van der Waals surface area contributed by atoms with Gasteiger partial charge in [0.15, 0.2) is 0 Å². The number of nitrogens with zero attached hydrogens (tertiary/aromatic N) is 4. The van der Waals surface area contributed by atoms with Gasteiger partial charge in [-0.05, 0) is 56.4 Å². The van der Waals surface area contributed by atoms with Crippen molar-refractivity contribution in [2.24, 2.45) is 5.92 Å². The van der Waals surface area contributed by atoms with Crippen molar-refractivity contribution in [3.8, 4) is 22.9 Å². The molecule has 37 heavy (non-hydrogen) atoms. The molecule has 0 amide bonds. The zero-order chi connectivity index (χ0) is 25.5. The summed E-state index contributed by atoms with van der Waals surface area (Å²) >= 11 is 0. The zero-order valence-electron chi connectivity index (χ0n) is 20.5. The maximum absolute atomic E-state index is 11.4. The van der Waals surface area contributed by atoms with E-state index in [9.17, 15) is 9.90 Å². The number of aliphatic carboxylic acids is 1. The second-order valence-electron chi connectivity index (χ2n) is 9.66. The molecule has 5 aromatic rings. The number of aromatic nitrogens is 4. The van der Waals surface area contributed by atoms with E-state index in [1.165, 1.54) is 0 Å². The van der Waals surface area contributed by atoms with Crippen molar-refractivity contribution in [3.63, 3.8) is 0 Å². The fourth-order valence-corrected chi connectivity index (χ4v) is 5.36. The van der Waals surface area contributed by atoms with Gasteiger partial charge in [-0.3, -0.25) is 9.20 Å². The first-order chi connectivity index (χ1) is 18.0. The summed E-state index contributed by atoms with van der Waals surface area (Å²) in [6.07, 6.45) is 6.41. The van der Waals surface area contributed by atoms with Gasteiger partial charge >= 0.3 is 5.97 Å². The predicted octanol–water partition coefficient (Wildman–Crippen LogP) is 5.99. The number of carboxylic acids is 1. The standard InChI is InChI=1S/C29H27N5O3/c1-17-15-24(37-21-5-3-2-4-6-21)32-23-16-20(11-12-22(17)23)25-26-27(30)31-13-14-34(26)28(33-25)18-7-9-19(10-8-18)29(35)36/h2-6,11-16,18-19H,7-10H2,1H3,(H2,30,31)(H,35,36). The van der Waals surface area contributed by atoms with Crippen LogP contribution in [0.25, 0.3) is 27.7 Å². The number of nitrogen functional groups attached to an aromatic ring is 1. The number of anilines is 1. The summed E-state index contributed by atoms with van der Waals surface area (Å²) in [5.41, 5.74) is 10.6. The minimum absolute atomic E-state index is 0.158. The van der Waals surface area contributed by atoms with Gasteiger partial charge in [-0.1, -0.05) is 30.3 Å². The molecule has 8 heteroatoms. The highest BCUT2D eigenvalue weighted by molar-refractivity contribution is 5.92. The molecule has 2 aromatic carbocycles. The van der Waals surface area contributed by atoms with E-state index >= 15 is 0 Å². The highest BCUT2D eigenvalue weighted by Gasteiger charge is 2.30. The van der Waals surface area contributed by atoms with Crippen molar-refractivity contribution in [2.75, 3.05) is 5.73 Å². The van der Waals surface area contributed by atoms with Crippen molar-refractivity contribution in [1.29, 1.82) is 0 Å². The smallest absolute Gasteiger partial charge is 0.306 e. The zero-order valence-corrected chi connectivity index (χ0v) is 20.5. The van der Waals surface area contributed by atoms with E-state index in [0.29, 0.717) is 24.5 Å². The predicted molar refractivity (Wildman–Crippen MR) is 142 cm³/mol. The largest absolute Gasteiger partial charge is 0.481 e. The first kappa shape index (κ1) is 23.0. The number of hydrogen-bond acceptors (Lipinski definition) is 6. The molecule has 3 aromatic heterocycles. The highest BCUT2D eigenvalue weighted by atomic mass is 16.5. The van der Waals surface area contributed by atoms with Gasteiger partial charge in [-0.15, -0.1) is 0 Å². The molecule has 0 aliphatic heterocycles. The van der Waals surface area contributed by atoms with Crippen LogP contribution in [0.15, 0.2) is 67.0 Å². The second kappa shape index (κ2) is 9.20. The summed E-state index contributed by atoms with van der Waals surface area (Å²) in [6.45, 7) is 2.04. The summed E-state index contributed by atoms with van der Waals surface area (Å²) in [6, 6.07) is 17.6. The summed E-state index contributed by atoms with van der Waals surface area (Å²) in [5, 5.41) is 10.4. The molecule has 6 rings (SSSR count). The molecule has 0 unspecified atom stereocenters. The number of benzene rings is 2. The lowest BCUT2D eigenvalue weighted by Crippen LogP contribution is -2.21. The molecule has 3 N–H and O–H groups in total. The van der Waals surface area contributed by atoms with Crippen LogP contribution in [0.4, 0.5) is 5.82 Å². The first-order valence-corrected chi connectivity index (χ1v) is 12.5. The highest BCUT2D eigenvalue weighted by Crippen LogP contribution is 2.39. The van der Waals surface area contributed by atoms with Gasteiger partial charge in [0.1, 0.15) is 28.6 Å². The van der Waals surface area contributed by atoms with Crippen LogP contribution in [-0.4, -0.2) is 30.4 Å². The second-order valence-corrected chi connectivity index (χ2v) is 9.66. The fraction of sp³-hybridized carbons (Fsp3) is 0.241. The van der Waals surface area contributed by atoms with Gasteiger partial charge in [0.25, 0.3) is 0 Å². The SMILES string of the molecule is Cc1cc(Oc2ccccc2)nc2cc(-c3nc(C4CCC(C(=O)O)CC4)n4ccnc(N)c34)ccc12. The Bertz CT molecular complexity index is 1620. The summed E-state index contributed by atoms with van der Waals surface area (Å²) in [7, 11) is 0. The van der Waals surface area contributed by atoms with Crippen molar-refractivity contribution in [1.82, 2.24) is 19.4 Å². The van der Waals surface area contributed by atoms with Gasteiger partial charge in [-0.2, -0.15) is 0 Å². The van der Waals surface area contributed by atoms with Crippen LogP contribution >= 0.6 is 0 Å². The maximum Gasteiger partial charge on any atom is 0.306 e. The number of carbonyl (C=O) groups is 1. The number of ether oxygens (including phenoxy) is 1. The average molecular weight is 494 g/mol. The van der Waals surface area contributed by atoms with Gasteiger partial charge in [0, 0.05) is 35.3 Å². The molecule has 8 nitrogen and oxygen atoms in total. The third kappa shape index (κ3) is 4.24. The van der Waals surface area contributed by atoms with E-state index in [-0.39, 0.29) is 11.8 Å². The number of pyridine rings is 1. The van der Waals surface area contributed by atoms with E-state index in [1.54, 1.807) is 6.20 Å².